The van der Waals surface area contributed by atoms with E-state index in [1.54, 1.807) is 47.0 Å². The molecule has 8 aromatic carbocycles. The quantitative estimate of drug-likeness (QED) is 0.134. The first-order valence-corrected chi connectivity index (χ1v) is 42.3. The number of furan rings is 5. The van der Waals surface area contributed by atoms with Crippen LogP contribution in [0.1, 0.15) is 136 Å². The fourth-order valence-electron chi connectivity index (χ4n) is 19.0. The minimum Gasteiger partial charge on any atom is -0.435 e. The molecule has 0 fully saturated rings. The van der Waals surface area contributed by atoms with Crippen molar-refractivity contribution in [3.05, 3.63) is 278 Å². The number of aryl methyl sites for hydroxylation is 5. The third-order valence-corrected chi connectivity index (χ3v) is 24.8. The highest BCUT2D eigenvalue weighted by Gasteiger charge is 2.41. The molecule has 0 amide bonds. The van der Waals surface area contributed by atoms with E-state index in [-0.39, 0.29) is 18.5 Å². The molecule has 0 bridgehead atoms. The molecule has 7 unspecified atom stereocenters. The molecular weight excluding hydrogens is 1550 g/mol. The lowest BCUT2D eigenvalue weighted by atomic mass is 10.1. The average molecular weight is 1670 g/mol. The summed E-state index contributed by atoms with van der Waals surface area (Å²) in [7, 11) is 0. The van der Waals surface area contributed by atoms with Crippen molar-refractivity contribution in [2.75, 3.05) is 46.2 Å². The Labute approximate surface area is 747 Å². The highest BCUT2D eigenvalue weighted by atomic mass is 16.4. The molecule has 20 nitrogen and oxygen atoms in total. The van der Waals surface area contributed by atoms with E-state index in [9.17, 15) is 0 Å². The summed E-state index contributed by atoms with van der Waals surface area (Å²) in [6.07, 6.45) is 15.0. The lowest BCUT2D eigenvalue weighted by Crippen LogP contribution is -2.42. The first kappa shape index (κ1) is 66.6. The second-order valence-corrected chi connectivity index (χ2v) is 33.0. The molecule has 0 radical (unpaired) electrons. The molecule has 5 aliphatic rings. The van der Waals surface area contributed by atoms with E-state index < -0.39 is 57.1 Å². The van der Waals surface area contributed by atoms with Crippen molar-refractivity contribution in [3.63, 3.8) is 0 Å². The van der Waals surface area contributed by atoms with Crippen LogP contribution in [0.15, 0.2) is 272 Å². The molecule has 5 aliphatic heterocycles. The van der Waals surface area contributed by atoms with Gasteiger partial charge in [-0.25, -0.2) is 24.9 Å². The van der Waals surface area contributed by atoms with Crippen LogP contribution in [0.2, 0.25) is 0 Å². The van der Waals surface area contributed by atoms with Crippen LogP contribution in [0.4, 0.5) is 62.6 Å². The summed E-state index contributed by atoms with van der Waals surface area (Å²) in [5.74, 6) is 0. The van der Waals surface area contributed by atoms with Crippen LogP contribution >= 0.6 is 0 Å². The fraction of sp³-hybridized carbons (Fsp3) is 0.267. The van der Waals surface area contributed by atoms with E-state index in [1.165, 1.54) is 18.7 Å². The third-order valence-electron chi connectivity index (χ3n) is 24.8. The average Bonchev–Trinajstić information content (AvgIpc) is 1.57. The predicted molar refractivity (Wildman–Crippen MR) is 515 cm³/mol. The summed E-state index contributed by atoms with van der Waals surface area (Å²) in [4.78, 5) is 41.2. The monoisotopic (exact) mass is 1670 g/mol. The van der Waals surface area contributed by atoms with E-state index in [0.29, 0.717) is 51.1 Å². The molecule has 7 atom stereocenters. The summed E-state index contributed by atoms with van der Waals surface area (Å²) in [5, 5.41) is 9.90. The standard InChI is InChI=1S/2C23H23N3O.C21H19N3O.2C19H21N3O/c2*1-14(2)25-16(4)26(20-10-6-5-9-19(20)25)21-15(3)11-12-17-18-8-7-13-24-23(18)27-22(17)21;1-13-10-11-15-16-7-6-12-22-21(16)25-20(15)19(13)24-14(2)23(3)17-8-4-5-9-18(17)24;2*1-12(2)21-10-11-22(14(21)4)17-13(3)7-8-15-16-6-5-9-20-19(16)23-18(15)17/h2*5-14,16H,1-4H3;4-12,14H,1-3H3;2*5-12,14H,1-4H3/i1D3,14D;14D;3D3;1D3,12D;12D. The van der Waals surface area contributed by atoms with Crippen LogP contribution in [0.3, 0.4) is 0 Å². The number of hydrogen-bond donors (Lipinski definition) is 0. The second-order valence-electron chi connectivity index (χ2n) is 33.0. The van der Waals surface area contributed by atoms with Gasteiger partial charge in [0.25, 0.3) is 0 Å². The number of para-hydroxylation sites is 6. The maximum Gasteiger partial charge on any atom is 0.227 e. The molecule has 15 heterocycles. The Morgan fingerprint density at radius 2 is 0.560 bits per heavy atom. The van der Waals surface area contributed by atoms with E-state index >= 15 is 0 Å². The summed E-state index contributed by atoms with van der Waals surface area (Å²) >= 11 is 0. The Bertz CT molecular complexity index is 7670. The molecule has 18 aromatic rings. The van der Waals surface area contributed by atoms with Crippen molar-refractivity contribution in [2.45, 2.75) is 179 Å². The van der Waals surface area contributed by atoms with Crippen LogP contribution in [-0.4, -0.2) is 96.6 Å². The van der Waals surface area contributed by atoms with Crippen molar-refractivity contribution in [2.24, 2.45) is 0 Å². The number of aromatic nitrogens is 5. The summed E-state index contributed by atoms with van der Waals surface area (Å²) < 4.78 is 136. The molecule has 0 aliphatic carbocycles. The van der Waals surface area contributed by atoms with Gasteiger partial charge in [-0.15, -0.1) is 0 Å². The molecule has 10 aromatic heterocycles. The van der Waals surface area contributed by atoms with Crippen LogP contribution in [-0.2, 0) is 0 Å². The highest BCUT2D eigenvalue weighted by molar-refractivity contribution is 6.14. The Kier molecular flexibility index (Phi) is 17.1. The van der Waals surface area contributed by atoms with E-state index in [0.717, 1.165) is 150 Å². The number of anilines is 11. The molecule has 0 saturated carbocycles. The molecule has 0 N–H and O–H groups in total. The lowest BCUT2D eigenvalue weighted by molar-refractivity contribution is 0.263. The largest absolute Gasteiger partial charge is 0.435 e. The van der Waals surface area contributed by atoms with Gasteiger partial charge in [0.1, 0.15) is 30.8 Å². The zero-order valence-corrected chi connectivity index (χ0v) is 72.8. The van der Waals surface area contributed by atoms with Gasteiger partial charge in [0.15, 0.2) is 27.9 Å². The van der Waals surface area contributed by atoms with Gasteiger partial charge in [0.05, 0.1) is 68.0 Å². The molecule has 20 heteroatoms. The van der Waals surface area contributed by atoms with Crippen LogP contribution in [0.25, 0.3) is 110 Å². The van der Waals surface area contributed by atoms with Crippen LogP contribution in [0, 0.1) is 34.6 Å². The van der Waals surface area contributed by atoms with Crippen LogP contribution in [0.5, 0.6) is 0 Å². The third kappa shape index (κ3) is 13.4. The molecule has 0 spiro atoms. The maximum absolute atomic E-state index is 8.80. The fourth-order valence-corrected chi connectivity index (χ4v) is 19.0. The molecule has 125 heavy (non-hydrogen) atoms. The first-order chi connectivity index (χ1) is 65.4. The van der Waals surface area contributed by atoms with Gasteiger partial charge in [0.2, 0.25) is 28.6 Å². The van der Waals surface area contributed by atoms with Crippen molar-refractivity contribution in [1.82, 2.24) is 34.7 Å². The van der Waals surface area contributed by atoms with E-state index in [4.69, 9.17) is 39.9 Å². The topological polar surface area (TPSA) is 163 Å². The van der Waals surface area contributed by atoms with Crippen molar-refractivity contribution in [1.29, 1.82) is 0 Å². The zero-order valence-electron chi connectivity index (χ0n) is 85.8. The maximum atomic E-state index is 8.80. The predicted octanol–water partition coefficient (Wildman–Crippen LogP) is 26.5. The molecular formula is C105H107N15O5. The van der Waals surface area contributed by atoms with Crippen LogP contribution < -0.4 is 39.2 Å². The van der Waals surface area contributed by atoms with Crippen molar-refractivity contribution in [3.8, 4) is 0 Å². The number of nitrogens with zero attached hydrogens (tertiary/aromatic N) is 15. The first-order valence-electron chi connectivity index (χ1n) is 48.8. The van der Waals surface area contributed by atoms with Crippen molar-refractivity contribution < 1.29 is 39.9 Å². The smallest absolute Gasteiger partial charge is 0.227 e. The summed E-state index contributed by atoms with van der Waals surface area (Å²) in [5.41, 5.74) is 22.1. The van der Waals surface area contributed by atoms with Gasteiger partial charge >= 0.3 is 0 Å². The number of fused-ring (bicyclic) bond motifs is 18. The van der Waals surface area contributed by atoms with Gasteiger partial charge < -0.3 is 71.1 Å². The second kappa shape index (κ2) is 32.0. The Morgan fingerprint density at radius 3 is 0.864 bits per heavy atom. The number of benzene rings is 8. The van der Waals surface area contributed by atoms with Gasteiger partial charge in [0, 0.05) is 153 Å². The minimum absolute atomic E-state index is 0.0182. The SMILES string of the molecule is [2H]C(C)(C)N1C=CN(c2c(C)ccc3c2oc2ncccc23)C1C.[2H]C(C)(C)N1c2ccccc2N(c2c(C)ccc3c2oc2ncccc23)C1C.[2H]C([2H])([2H])C([2H])(C)N1C=CN(c2c(C)ccc3c2oc2ncccc23)C1C.[2H]C([2H])([2H])C([2H])(C)N1c2ccccc2N(c2c(C)ccc3c2oc2ncccc23)C1C.[2H]C([2H])([2H])N1c2ccccc2N(c2c(C)ccc3c2oc2ncccc23)C1C. The number of rotatable bonds is 9. The molecule has 632 valence electrons. The minimum atomic E-state index is -2.49. The Morgan fingerprint density at radius 1 is 0.280 bits per heavy atom. The highest BCUT2D eigenvalue weighted by Crippen LogP contribution is 2.53. The normalized spacial score (nSPS) is 20.2. The van der Waals surface area contributed by atoms with Gasteiger partial charge in [-0.3, -0.25) is 0 Å². The van der Waals surface area contributed by atoms with Gasteiger partial charge in [-0.1, -0.05) is 97.1 Å². The van der Waals surface area contributed by atoms with E-state index in [1.807, 2.05) is 249 Å². The molecule has 0 saturated heterocycles. The van der Waals surface area contributed by atoms with Crippen molar-refractivity contribution >= 4 is 173 Å². The Balaban J connectivity index is 0.000000110. The van der Waals surface area contributed by atoms with Gasteiger partial charge in [-0.05, 0) is 249 Å². The Hall–Kier alpha value is -14.0. The number of pyridine rings is 5. The summed E-state index contributed by atoms with van der Waals surface area (Å²) in [6, 6.07) is 58.8. The number of hydrogen-bond acceptors (Lipinski definition) is 20. The van der Waals surface area contributed by atoms with Gasteiger partial charge in [-0.2, -0.15) is 0 Å². The molecule has 23 rings (SSSR count). The lowest BCUT2D eigenvalue weighted by Gasteiger charge is -2.33. The van der Waals surface area contributed by atoms with E-state index in [2.05, 4.69) is 120 Å². The zero-order chi connectivity index (χ0) is 98.0. The summed E-state index contributed by atoms with van der Waals surface area (Å²) in [6.45, 7) is 23.5.